The van der Waals surface area contributed by atoms with Gasteiger partial charge in [0.2, 0.25) is 35.4 Å². The Hall–Kier alpha value is -9.24. The number of aromatic nitrogens is 1. The van der Waals surface area contributed by atoms with Crippen molar-refractivity contribution in [3.05, 3.63) is 101 Å². The first-order chi connectivity index (χ1) is 42.5. The molecule has 0 aliphatic heterocycles. The average molecular weight is 1270 g/mol. The zero-order chi connectivity index (χ0) is 66.8. The highest BCUT2D eigenvalue weighted by Gasteiger charge is 2.37. The number of guanidine groups is 1. The van der Waals surface area contributed by atoms with Crippen molar-refractivity contribution in [3.63, 3.8) is 0 Å². The van der Waals surface area contributed by atoms with Crippen LogP contribution >= 0.6 is 11.6 Å². The van der Waals surface area contributed by atoms with Crippen molar-refractivity contribution in [3.8, 4) is 5.75 Å². The minimum absolute atomic E-state index is 0.0437. The zero-order valence-electron chi connectivity index (χ0n) is 51.0. The summed E-state index contributed by atoms with van der Waals surface area (Å²) >= 11 is 6.14. The van der Waals surface area contributed by atoms with E-state index in [2.05, 4.69) is 47.2 Å². The number of aromatic amines is 1. The Morgan fingerprint density at radius 2 is 1.18 bits per heavy atom. The first-order valence-corrected chi connectivity index (χ1v) is 29.8. The number of nitrogens with zero attached hydrogens (tertiary/aromatic N) is 1. The summed E-state index contributed by atoms with van der Waals surface area (Å²) in [4.78, 5) is 168. The van der Waals surface area contributed by atoms with Crippen LogP contribution in [0.15, 0.2) is 84.0 Å². The normalized spacial score (nSPS) is 14.4. The summed E-state index contributed by atoms with van der Waals surface area (Å²) in [5, 5.41) is 49.5. The molecule has 0 spiro atoms. The molecule has 90 heavy (non-hydrogen) atoms. The lowest BCUT2D eigenvalue weighted by Gasteiger charge is -2.26. The molecule has 0 aliphatic rings. The van der Waals surface area contributed by atoms with Gasteiger partial charge in [-0.05, 0) is 98.4 Å². The first-order valence-electron chi connectivity index (χ1n) is 29.4. The van der Waals surface area contributed by atoms with E-state index in [1.54, 1.807) is 32.2 Å². The molecule has 488 valence electrons. The van der Waals surface area contributed by atoms with Crippen LogP contribution < -0.4 is 54.4 Å². The number of ketones is 4. The Labute approximate surface area is 525 Å². The third-order valence-corrected chi connectivity index (χ3v) is 15.1. The topological polar surface area (TPSA) is 456 Å². The summed E-state index contributed by atoms with van der Waals surface area (Å²) in [6.45, 7) is 5.45. The lowest BCUT2D eigenvalue weighted by atomic mass is 9.89. The largest absolute Gasteiger partial charge is 0.508 e. The van der Waals surface area contributed by atoms with E-state index in [0.717, 1.165) is 23.4 Å². The number of benzene rings is 3. The van der Waals surface area contributed by atoms with Crippen LogP contribution in [-0.4, -0.2) is 153 Å². The van der Waals surface area contributed by atoms with E-state index in [1.807, 2.05) is 24.3 Å². The predicted molar refractivity (Wildman–Crippen MR) is 333 cm³/mol. The molecule has 4 rings (SSSR count). The Morgan fingerprint density at radius 1 is 0.622 bits per heavy atom. The van der Waals surface area contributed by atoms with Gasteiger partial charge in [-0.2, -0.15) is 0 Å². The second-order valence-electron chi connectivity index (χ2n) is 22.6. The molecule has 4 aromatic rings. The molecule has 1 heterocycles. The van der Waals surface area contributed by atoms with Gasteiger partial charge in [-0.15, -0.1) is 0 Å². The number of nitrogens with two attached hydrogens (primary N) is 3. The number of halogens is 1. The van der Waals surface area contributed by atoms with Gasteiger partial charge >= 0.3 is 12.0 Å². The number of urea groups is 1. The maximum absolute atomic E-state index is 14.3. The molecule has 0 saturated heterocycles. The van der Waals surface area contributed by atoms with E-state index in [-0.39, 0.29) is 56.3 Å². The van der Waals surface area contributed by atoms with Gasteiger partial charge < -0.3 is 74.7 Å². The van der Waals surface area contributed by atoms with Crippen LogP contribution in [0.4, 0.5) is 4.79 Å². The van der Waals surface area contributed by atoms with Crippen molar-refractivity contribution >= 4 is 99.0 Å². The lowest BCUT2D eigenvalue weighted by Crippen LogP contribution is -2.53. The number of rotatable bonds is 39. The molecule has 17 N–H and O–H groups in total. The van der Waals surface area contributed by atoms with Crippen LogP contribution in [0.3, 0.4) is 0 Å². The van der Waals surface area contributed by atoms with Crippen molar-refractivity contribution in [2.75, 3.05) is 20.1 Å². The van der Waals surface area contributed by atoms with Crippen LogP contribution in [0.2, 0.25) is 5.02 Å². The fraction of sp³-hybridized carbons (Fsp3) is 0.468. The molecular weight excluding hydrogens is 1190 g/mol. The van der Waals surface area contributed by atoms with Crippen molar-refractivity contribution < 1.29 is 72.9 Å². The fourth-order valence-corrected chi connectivity index (χ4v) is 10.1. The number of H-pyrrole nitrogens is 1. The SMILES string of the molecule is CN=C(N)NCCC[C@H](CC(=O)[C@H](CC(C)C)NC(=O)NCC(=O)[C@H](Cc1ccc(Cl)cc1)NC(=O)[C@@H](CC(=O)[C@H](CC(N)=O)NC(=O)[C@H](CCC(=O)O)CC(=O)[C@@H](Cc1ccc(O)cc1)NC(C)=O)[C@@H](C)O)C(=O)N[C@@H](Cc1c[nH]c2ccccc12)C(N)=O. The summed E-state index contributed by atoms with van der Waals surface area (Å²) in [6.07, 6.45) is -3.43. The second kappa shape index (κ2) is 36.3. The number of aliphatic carboxylic acids is 1. The van der Waals surface area contributed by atoms with Crippen LogP contribution in [0.25, 0.3) is 10.9 Å². The number of primary amides is 2. The minimum Gasteiger partial charge on any atom is -0.508 e. The summed E-state index contributed by atoms with van der Waals surface area (Å²) in [7, 11) is 1.49. The van der Waals surface area contributed by atoms with Gasteiger partial charge in [0.25, 0.3) is 0 Å². The number of hydrogen-bond acceptors (Lipinski definition) is 15. The summed E-state index contributed by atoms with van der Waals surface area (Å²) in [6, 6.07) is 11.5. The molecule has 3 aromatic carbocycles. The number of para-hydroxylation sites is 1. The second-order valence-corrected chi connectivity index (χ2v) is 23.0. The smallest absolute Gasteiger partial charge is 0.315 e. The van der Waals surface area contributed by atoms with Crippen molar-refractivity contribution in [2.24, 2.45) is 45.9 Å². The van der Waals surface area contributed by atoms with Crippen LogP contribution in [0, 0.1) is 23.7 Å². The van der Waals surface area contributed by atoms with Gasteiger partial charge in [0.05, 0.1) is 49.2 Å². The molecule has 27 nitrogen and oxygen atoms in total. The highest BCUT2D eigenvalue weighted by atomic mass is 35.5. The van der Waals surface area contributed by atoms with Gasteiger partial charge in [-0.3, -0.25) is 57.7 Å². The summed E-state index contributed by atoms with van der Waals surface area (Å²) in [5.41, 5.74) is 19.6. The third kappa shape index (κ3) is 25.1. The summed E-state index contributed by atoms with van der Waals surface area (Å²) < 4.78 is 0. The molecule has 0 fully saturated rings. The number of amides is 8. The number of carboxylic acid groups (broad SMARTS) is 1. The number of carbonyl (C=O) groups excluding carboxylic acids is 11. The average Bonchev–Trinajstić information content (AvgIpc) is 3.95. The number of aliphatic hydroxyl groups excluding tert-OH is 1. The van der Waals surface area contributed by atoms with Crippen molar-refractivity contribution in [1.82, 2.24) is 42.2 Å². The number of hydrogen-bond donors (Lipinski definition) is 14. The van der Waals surface area contributed by atoms with Gasteiger partial charge in [-0.1, -0.05) is 67.9 Å². The van der Waals surface area contributed by atoms with Gasteiger partial charge in [0.15, 0.2) is 29.1 Å². The first kappa shape index (κ1) is 73.2. The van der Waals surface area contributed by atoms with Crippen LogP contribution in [0.1, 0.15) is 102 Å². The van der Waals surface area contributed by atoms with E-state index < -0.39 is 170 Å². The molecule has 8 amide bonds. The van der Waals surface area contributed by atoms with E-state index in [0.29, 0.717) is 22.6 Å². The molecule has 1 aromatic heterocycles. The summed E-state index contributed by atoms with van der Waals surface area (Å²) in [5.74, 6) is -13.9. The number of Topliss-reactive ketones (excluding diaryl/α,β-unsaturated/α-hetero) is 4. The molecule has 0 radical (unpaired) electrons. The number of aromatic hydroxyl groups is 1. The molecule has 28 heteroatoms. The number of phenols is 1. The van der Waals surface area contributed by atoms with E-state index >= 15 is 0 Å². The number of nitrogens with one attached hydrogen (secondary N) is 8. The quantitative estimate of drug-likeness (QED) is 0.0171. The lowest BCUT2D eigenvalue weighted by molar-refractivity contribution is -0.139. The Morgan fingerprint density at radius 3 is 1.74 bits per heavy atom. The Balaban J connectivity index is 1.52. The molecule has 0 bridgehead atoms. The Kier molecular flexibility index (Phi) is 29.5. The van der Waals surface area contributed by atoms with E-state index in [9.17, 15) is 72.9 Å². The number of carbonyl (C=O) groups is 12. The zero-order valence-corrected chi connectivity index (χ0v) is 51.7. The fourth-order valence-electron chi connectivity index (χ4n) is 9.95. The van der Waals surface area contributed by atoms with Crippen LogP contribution in [-0.2, 0) is 72.0 Å². The van der Waals surface area contributed by atoms with Gasteiger partial charge in [0.1, 0.15) is 11.8 Å². The molecule has 9 atom stereocenters. The minimum atomic E-state index is -1.78. The van der Waals surface area contributed by atoms with E-state index in [4.69, 9.17) is 28.8 Å². The standard InChI is InChI=1S/C62H83ClN12O15/c1-33(2)23-46(51(79)27-38(9-8-22-68-61(66)67-5)58(87)74-50(57(65)86)26-40-31-69-45-11-7-6-10-43(40)45)75-62(90)70-32-54(82)48(25-36-12-17-41(63)18-13-36)73-60(89)44(34(3)76)29-53(81)49(30-55(64)83)72-59(88)39(16-21-56(84)85)28-52(80)47(71-35(4)77)24-37-14-19-42(78)20-15-37/h6-7,10-15,17-20,31,33-34,38-39,44,46-50,69,76,78H,8-9,16,21-30,32H2,1-5H3,(H2,64,83)(H2,65,86)(H,71,77)(H,72,88)(H,73,89)(H,74,87)(H,84,85)(H3,66,67,68)(H2,70,75,90)/t34-,38-,39-,44+,46+,47-,48+,49+,50+/m1/s1. The number of fused-ring (bicyclic) bond motifs is 1. The number of aliphatic hydroxyl groups is 1. The van der Waals surface area contributed by atoms with Crippen molar-refractivity contribution in [1.29, 1.82) is 0 Å². The molecule has 0 unspecified atom stereocenters. The maximum Gasteiger partial charge on any atom is 0.315 e. The van der Waals surface area contributed by atoms with E-state index in [1.165, 1.54) is 50.4 Å². The van der Waals surface area contributed by atoms with Gasteiger partial charge in [-0.25, -0.2) is 4.79 Å². The highest BCUT2D eigenvalue weighted by molar-refractivity contribution is 6.30. The number of aliphatic imine (C=N–C) groups is 1. The number of phenolic OH excluding ortho intramolecular Hbond substituents is 1. The molecule has 0 aliphatic carbocycles. The number of carboxylic acids is 1. The van der Waals surface area contributed by atoms with Crippen LogP contribution in [0.5, 0.6) is 5.75 Å². The molecule has 0 saturated carbocycles. The third-order valence-electron chi connectivity index (χ3n) is 14.9. The molecular formula is C62H83ClN12O15. The highest BCUT2D eigenvalue weighted by Crippen LogP contribution is 2.23. The monoisotopic (exact) mass is 1270 g/mol. The van der Waals surface area contributed by atoms with Gasteiger partial charge in [0, 0.05) is 86.6 Å². The maximum atomic E-state index is 14.3. The van der Waals surface area contributed by atoms with Crippen molar-refractivity contribution in [2.45, 2.75) is 141 Å². The predicted octanol–water partition coefficient (Wildman–Crippen LogP) is 1.44. The Bertz CT molecular complexity index is 3210.